The number of hydrogen-bond acceptors (Lipinski definition) is 5. The fraction of sp³-hybridized carbons (Fsp3) is 0.214. The lowest BCUT2D eigenvalue weighted by Crippen LogP contribution is -2.38. The van der Waals surface area contributed by atoms with Crippen LogP contribution in [0.2, 0.25) is 0 Å². The van der Waals surface area contributed by atoms with E-state index in [2.05, 4.69) is 41.4 Å². The molecular formula is C28H24N2O5. The van der Waals surface area contributed by atoms with E-state index in [1.54, 1.807) is 0 Å². The van der Waals surface area contributed by atoms with Gasteiger partial charge in [0.25, 0.3) is 5.56 Å². The van der Waals surface area contributed by atoms with E-state index in [9.17, 15) is 9.59 Å². The molecule has 0 unspecified atom stereocenters. The van der Waals surface area contributed by atoms with Crippen LogP contribution in [-0.4, -0.2) is 34.5 Å². The summed E-state index contributed by atoms with van der Waals surface area (Å²) in [6.07, 6.45) is 0.0122. The summed E-state index contributed by atoms with van der Waals surface area (Å²) in [5, 5.41) is 0. The van der Waals surface area contributed by atoms with Crippen LogP contribution >= 0.6 is 0 Å². The fourth-order valence-electron chi connectivity index (χ4n) is 4.96. The molecule has 176 valence electrons. The molecular weight excluding hydrogens is 444 g/mol. The molecule has 7 heteroatoms. The minimum absolute atomic E-state index is 0.182. The van der Waals surface area contributed by atoms with Gasteiger partial charge in [0.1, 0.15) is 23.9 Å². The number of ether oxygens (including phenoxy) is 3. The van der Waals surface area contributed by atoms with Gasteiger partial charge in [0.05, 0.1) is 6.61 Å². The van der Waals surface area contributed by atoms with E-state index in [0.29, 0.717) is 0 Å². The van der Waals surface area contributed by atoms with E-state index in [1.807, 2.05) is 54.6 Å². The van der Waals surface area contributed by atoms with Gasteiger partial charge in [-0.1, -0.05) is 91.0 Å². The number of epoxide rings is 1. The summed E-state index contributed by atoms with van der Waals surface area (Å²) in [7, 11) is 0. The van der Waals surface area contributed by atoms with Crippen molar-refractivity contribution in [2.45, 2.75) is 30.1 Å². The zero-order valence-electron chi connectivity index (χ0n) is 18.8. The maximum Gasteiger partial charge on any atom is 0.330 e. The van der Waals surface area contributed by atoms with Gasteiger partial charge >= 0.3 is 5.69 Å². The van der Waals surface area contributed by atoms with Gasteiger partial charge < -0.3 is 14.2 Å². The van der Waals surface area contributed by atoms with Crippen molar-refractivity contribution >= 4 is 0 Å². The lowest BCUT2D eigenvalue weighted by molar-refractivity contribution is -0.117. The van der Waals surface area contributed by atoms with Crippen LogP contribution in [-0.2, 0) is 19.8 Å². The molecule has 6 rings (SSSR count). The highest BCUT2D eigenvalue weighted by molar-refractivity contribution is 5.47. The molecule has 0 amide bonds. The van der Waals surface area contributed by atoms with Gasteiger partial charge in [-0.05, 0) is 16.7 Å². The third-order valence-electron chi connectivity index (χ3n) is 6.65. The number of nitrogens with one attached hydrogen (secondary N) is 1. The zero-order chi connectivity index (χ0) is 23.8. The Balaban J connectivity index is 1.36. The van der Waals surface area contributed by atoms with Gasteiger partial charge in [-0.2, -0.15) is 0 Å². The van der Waals surface area contributed by atoms with Crippen LogP contribution in [0, 0.1) is 0 Å². The number of aromatic amines is 1. The van der Waals surface area contributed by atoms with Gasteiger partial charge in [-0.25, -0.2) is 4.79 Å². The minimum atomic E-state index is -0.871. The van der Waals surface area contributed by atoms with E-state index in [0.717, 1.165) is 16.7 Å². The monoisotopic (exact) mass is 468 g/mol. The molecule has 4 aromatic rings. The van der Waals surface area contributed by atoms with Crippen LogP contribution in [0.4, 0.5) is 0 Å². The predicted molar refractivity (Wildman–Crippen MR) is 129 cm³/mol. The summed E-state index contributed by atoms with van der Waals surface area (Å²) in [6, 6.07) is 31.7. The second-order valence-electron chi connectivity index (χ2n) is 8.74. The molecule has 2 saturated heterocycles. The molecule has 2 fully saturated rings. The maximum atomic E-state index is 12.3. The second-order valence-corrected chi connectivity index (χ2v) is 8.74. The van der Waals surface area contributed by atoms with Crippen molar-refractivity contribution in [1.82, 2.24) is 9.55 Å². The van der Waals surface area contributed by atoms with E-state index in [4.69, 9.17) is 14.2 Å². The molecule has 3 heterocycles. The Morgan fingerprint density at radius 3 is 1.80 bits per heavy atom. The van der Waals surface area contributed by atoms with Crippen molar-refractivity contribution in [1.29, 1.82) is 0 Å². The van der Waals surface area contributed by atoms with Crippen LogP contribution in [0.3, 0.4) is 0 Å². The Hall–Kier alpha value is -3.78. The van der Waals surface area contributed by atoms with Crippen molar-refractivity contribution in [3.05, 3.63) is 141 Å². The zero-order valence-corrected chi connectivity index (χ0v) is 18.8. The molecule has 0 saturated carbocycles. The summed E-state index contributed by atoms with van der Waals surface area (Å²) in [4.78, 5) is 26.1. The minimum Gasteiger partial charge on any atom is -0.362 e. The highest BCUT2D eigenvalue weighted by atomic mass is 16.7. The normalized spacial score (nSPS) is 23.1. The van der Waals surface area contributed by atoms with Gasteiger partial charge in [-0.3, -0.25) is 14.3 Å². The summed E-state index contributed by atoms with van der Waals surface area (Å²) in [6.45, 7) is 0.244. The Kier molecular flexibility index (Phi) is 5.45. The van der Waals surface area contributed by atoms with Crippen LogP contribution in [0.15, 0.2) is 113 Å². The third kappa shape index (κ3) is 3.83. The van der Waals surface area contributed by atoms with Crippen LogP contribution in [0.25, 0.3) is 0 Å². The van der Waals surface area contributed by atoms with Gasteiger partial charge in [0, 0.05) is 12.3 Å². The van der Waals surface area contributed by atoms with Crippen LogP contribution < -0.4 is 11.2 Å². The topological polar surface area (TPSA) is 85.8 Å². The number of fused-ring (bicyclic) bond motifs is 1. The highest BCUT2D eigenvalue weighted by Crippen LogP contribution is 2.46. The largest absolute Gasteiger partial charge is 0.362 e. The van der Waals surface area contributed by atoms with E-state index >= 15 is 0 Å². The van der Waals surface area contributed by atoms with Crippen molar-refractivity contribution in [3.8, 4) is 0 Å². The molecule has 2 aliphatic heterocycles. The summed E-state index contributed by atoms with van der Waals surface area (Å²) in [5.41, 5.74) is 1.15. The molecule has 4 atom stereocenters. The van der Waals surface area contributed by atoms with Crippen LogP contribution in [0.5, 0.6) is 0 Å². The van der Waals surface area contributed by atoms with E-state index in [1.165, 1.54) is 16.8 Å². The maximum absolute atomic E-state index is 12.3. The molecule has 0 bridgehead atoms. The first-order valence-corrected chi connectivity index (χ1v) is 11.6. The van der Waals surface area contributed by atoms with Crippen molar-refractivity contribution in [2.24, 2.45) is 0 Å². The SMILES string of the molecule is O=c1ccn([C@@H]2O[C@H](COC(c3ccccc3)(c3ccccc3)c3ccccc3)[C@H]3O[C@H]32)c(=O)[nH]1. The average Bonchev–Trinajstić information content (AvgIpc) is 3.62. The summed E-state index contributed by atoms with van der Waals surface area (Å²) >= 11 is 0. The highest BCUT2D eigenvalue weighted by Gasteiger charge is 2.59. The Labute approximate surface area is 201 Å². The number of rotatable bonds is 7. The fourth-order valence-corrected chi connectivity index (χ4v) is 4.96. The molecule has 7 nitrogen and oxygen atoms in total. The van der Waals surface area contributed by atoms with Crippen molar-refractivity contribution in [3.63, 3.8) is 0 Å². The Morgan fingerprint density at radius 2 is 1.29 bits per heavy atom. The first-order valence-electron chi connectivity index (χ1n) is 11.6. The number of hydrogen-bond donors (Lipinski definition) is 1. The molecule has 35 heavy (non-hydrogen) atoms. The molecule has 2 aliphatic rings. The Bertz CT molecular complexity index is 1320. The van der Waals surface area contributed by atoms with Crippen molar-refractivity contribution < 1.29 is 14.2 Å². The average molecular weight is 469 g/mol. The van der Waals surface area contributed by atoms with Crippen molar-refractivity contribution in [2.75, 3.05) is 6.61 Å². The summed E-state index contributed by atoms with van der Waals surface area (Å²) < 4.78 is 20.3. The molecule has 0 aliphatic carbocycles. The molecule has 1 N–H and O–H groups in total. The second kappa shape index (κ2) is 8.78. The first kappa shape index (κ1) is 21.7. The molecule has 3 aromatic carbocycles. The lowest BCUT2D eigenvalue weighted by atomic mass is 9.80. The summed E-state index contributed by atoms with van der Waals surface area (Å²) in [5.74, 6) is 0. The van der Waals surface area contributed by atoms with Gasteiger partial charge in [-0.15, -0.1) is 0 Å². The van der Waals surface area contributed by atoms with E-state index < -0.39 is 23.1 Å². The molecule has 0 radical (unpaired) electrons. The first-order chi connectivity index (χ1) is 17.2. The predicted octanol–water partition coefficient (Wildman–Crippen LogP) is 3.21. The molecule has 1 aromatic heterocycles. The molecule has 0 spiro atoms. The number of aromatic nitrogens is 2. The van der Waals surface area contributed by atoms with Gasteiger partial charge in [0.2, 0.25) is 0 Å². The standard InChI is InChI=1S/C28H24N2O5/c31-23-16-17-30(27(32)29-23)26-25-24(35-25)22(34-26)18-33-28(19-10-4-1-5-11-19,20-12-6-2-7-13-20)21-14-8-3-9-15-21/h1-17,22,24-26H,18H2,(H,29,31,32)/t22-,24-,25-,26-/m1/s1. The number of benzene rings is 3. The van der Waals surface area contributed by atoms with E-state index in [-0.39, 0.29) is 24.9 Å². The Morgan fingerprint density at radius 1 is 0.743 bits per heavy atom. The van der Waals surface area contributed by atoms with Crippen LogP contribution in [0.1, 0.15) is 22.9 Å². The number of nitrogens with zero attached hydrogens (tertiary/aromatic N) is 1. The van der Waals surface area contributed by atoms with Gasteiger partial charge in [0.15, 0.2) is 6.23 Å². The third-order valence-corrected chi connectivity index (χ3v) is 6.65. The quantitative estimate of drug-likeness (QED) is 0.333. The number of H-pyrrole nitrogens is 1. The smallest absolute Gasteiger partial charge is 0.330 e. The lowest BCUT2D eigenvalue weighted by Gasteiger charge is -2.37.